The summed E-state index contributed by atoms with van der Waals surface area (Å²) in [5.41, 5.74) is 2.96. The Hall–Kier alpha value is -2.82. The molecule has 5 heteroatoms. The molecule has 2 amide bonds. The molecule has 0 saturated carbocycles. The van der Waals surface area contributed by atoms with Crippen LogP contribution in [0.25, 0.3) is 0 Å². The van der Waals surface area contributed by atoms with E-state index < -0.39 is 11.7 Å². The lowest BCUT2D eigenvalue weighted by molar-refractivity contribution is -0.118. The van der Waals surface area contributed by atoms with Crippen LogP contribution >= 0.6 is 0 Å². The highest BCUT2D eigenvalue weighted by atomic mass is 16.6. The summed E-state index contributed by atoms with van der Waals surface area (Å²) in [5, 5.41) is 2.76. The van der Waals surface area contributed by atoms with E-state index in [1.54, 1.807) is 6.07 Å². The lowest BCUT2D eigenvalue weighted by Gasteiger charge is -2.24. The van der Waals surface area contributed by atoms with Gasteiger partial charge in [0.25, 0.3) is 0 Å². The molecular formula is C22H26N2O3. The zero-order valence-corrected chi connectivity index (χ0v) is 16.3. The van der Waals surface area contributed by atoms with E-state index >= 15 is 0 Å². The second kappa shape index (κ2) is 7.43. The van der Waals surface area contributed by atoms with Gasteiger partial charge in [0.05, 0.1) is 6.42 Å². The van der Waals surface area contributed by atoms with E-state index in [0.29, 0.717) is 5.69 Å². The van der Waals surface area contributed by atoms with Crippen molar-refractivity contribution in [3.05, 3.63) is 59.7 Å². The van der Waals surface area contributed by atoms with Gasteiger partial charge in [-0.2, -0.15) is 0 Å². The van der Waals surface area contributed by atoms with E-state index in [-0.39, 0.29) is 18.4 Å². The van der Waals surface area contributed by atoms with Gasteiger partial charge in [-0.3, -0.25) is 10.1 Å². The van der Waals surface area contributed by atoms with Crippen molar-refractivity contribution >= 4 is 23.4 Å². The summed E-state index contributed by atoms with van der Waals surface area (Å²) >= 11 is 0. The van der Waals surface area contributed by atoms with E-state index in [9.17, 15) is 9.59 Å². The number of carbonyl (C=O) groups excluding carboxylic acids is 2. The Kier molecular flexibility index (Phi) is 5.22. The predicted molar refractivity (Wildman–Crippen MR) is 107 cm³/mol. The lowest BCUT2D eigenvalue weighted by atomic mass is 10.1. The summed E-state index contributed by atoms with van der Waals surface area (Å²) in [6.07, 6.45) is 0.548. The van der Waals surface area contributed by atoms with Crippen molar-refractivity contribution < 1.29 is 14.3 Å². The lowest BCUT2D eigenvalue weighted by Crippen LogP contribution is -2.37. The van der Waals surface area contributed by atoms with E-state index in [1.807, 2.05) is 62.1 Å². The standard InChI is InChI=1S/C22H26N2O3/c1-15-13-17-10-6-8-12-19(17)24(15)20(25)14-16-9-5-7-11-18(16)23-21(26)27-22(2,3)4/h5-12,15H,13-14H2,1-4H3,(H,23,26). The molecule has 1 aliphatic heterocycles. The summed E-state index contributed by atoms with van der Waals surface area (Å²) in [6.45, 7) is 7.50. The van der Waals surface area contributed by atoms with Crippen LogP contribution in [0.15, 0.2) is 48.5 Å². The molecule has 1 atom stereocenters. The highest BCUT2D eigenvalue weighted by molar-refractivity contribution is 5.98. The zero-order chi connectivity index (χ0) is 19.6. The molecule has 2 aromatic rings. The molecule has 1 unspecified atom stereocenters. The number of para-hydroxylation sites is 2. The number of hydrogen-bond acceptors (Lipinski definition) is 3. The Morgan fingerprint density at radius 3 is 2.52 bits per heavy atom. The van der Waals surface area contributed by atoms with E-state index in [1.165, 1.54) is 5.56 Å². The van der Waals surface area contributed by atoms with Crippen LogP contribution in [0.2, 0.25) is 0 Å². The van der Waals surface area contributed by atoms with Gasteiger partial charge in [0, 0.05) is 17.4 Å². The SMILES string of the molecule is CC1Cc2ccccc2N1C(=O)Cc1ccccc1NC(=O)OC(C)(C)C. The number of amides is 2. The molecule has 142 valence electrons. The first-order valence-corrected chi connectivity index (χ1v) is 9.22. The molecule has 2 aromatic carbocycles. The monoisotopic (exact) mass is 366 g/mol. The normalized spacial score (nSPS) is 16.0. The molecule has 1 heterocycles. The van der Waals surface area contributed by atoms with Gasteiger partial charge in [0.15, 0.2) is 0 Å². The van der Waals surface area contributed by atoms with Crippen LogP contribution in [0.4, 0.5) is 16.2 Å². The fourth-order valence-corrected chi connectivity index (χ4v) is 3.40. The number of fused-ring (bicyclic) bond motifs is 1. The first-order chi connectivity index (χ1) is 12.7. The van der Waals surface area contributed by atoms with E-state index in [0.717, 1.165) is 17.7 Å². The molecule has 0 spiro atoms. The van der Waals surface area contributed by atoms with Gasteiger partial charge in [-0.15, -0.1) is 0 Å². The molecule has 0 saturated heterocycles. The van der Waals surface area contributed by atoms with Gasteiger partial charge < -0.3 is 9.64 Å². The van der Waals surface area contributed by atoms with E-state index in [2.05, 4.69) is 18.3 Å². The van der Waals surface area contributed by atoms with Crippen LogP contribution in [-0.4, -0.2) is 23.6 Å². The Morgan fingerprint density at radius 1 is 1.11 bits per heavy atom. The molecule has 27 heavy (non-hydrogen) atoms. The number of hydrogen-bond donors (Lipinski definition) is 1. The van der Waals surface area contributed by atoms with Crippen LogP contribution in [0.5, 0.6) is 0 Å². The molecule has 0 radical (unpaired) electrons. The van der Waals surface area contributed by atoms with Gasteiger partial charge in [-0.1, -0.05) is 36.4 Å². The molecule has 0 fully saturated rings. The van der Waals surface area contributed by atoms with Crippen molar-refractivity contribution in [1.29, 1.82) is 0 Å². The summed E-state index contributed by atoms with van der Waals surface area (Å²) in [6, 6.07) is 15.5. The highest BCUT2D eigenvalue weighted by Gasteiger charge is 2.30. The molecule has 5 nitrogen and oxygen atoms in total. The Balaban J connectivity index is 1.77. The fourth-order valence-electron chi connectivity index (χ4n) is 3.40. The quantitative estimate of drug-likeness (QED) is 0.867. The number of nitrogens with one attached hydrogen (secondary N) is 1. The van der Waals surface area contributed by atoms with Gasteiger partial charge in [0.2, 0.25) is 5.91 Å². The van der Waals surface area contributed by atoms with Crippen LogP contribution in [0.1, 0.15) is 38.8 Å². The van der Waals surface area contributed by atoms with Gasteiger partial charge in [-0.25, -0.2) is 4.79 Å². The number of nitrogens with zero attached hydrogens (tertiary/aromatic N) is 1. The Labute approximate surface area is 160 Å². The second-order valence-corrected chi connectivity index (χ2v) is 7.91. The fraction of sp³-hybridized carbons (Fsp3) is 0.364. The molecular weight excluding hydrogens is 340 g/mol. The minimum Gasteiger partial charge on any atom is -0.444 e. The topological polar surface area (TPSA) is 58.6 Å². The maximum absolute atomic E-state index is 13.0. The number of benzene rings is 2. The molecule has 0 aliphatic carbocycles. The molecule has 1 N–H and O–H groups in total. The van der Waals surface area contributed by atoms with Crippen molar-refractivity contribution in [1.82, 2.24) is 0 Å². The molecule has 0 aromatic heterocycles. The molecule has 1 aliphatic rings. The Bertz CT molecular complexity index is 855. The minimum atomic E-state index is -0.580. The van der Waals surface area contributed by atoms with Crippen LogP contribution in [-0.2, 0) is 22.4 Å². The Morgan fingerprint density at radius 2 is 1.78 bits per heavy atom. The van der Waals surface area contributed by atoms with E-state index in [4.69, 9.17) is 4.74 Å². The summed E-state index contributed by atoms with van der Waals surface area (Å²) in [5.74, 6) is 0.0193. The first-order valence-electron chi connectivity index (χ1n) is 9.22. The first kappa shape index (κ1) is 19.0. The van der Waals surface area contributed by atoms with Crippen LogP contribution in [0.3, 0.4) is 0 Å². The van der Waals surface area contributed by atoms with Crippen molar-refractivity contribution in [2.75, 3.05) is 10.2 Å². The summed E-state index contributed by atoms with van der Waals surface area (Å²) in [4.78, 5) is 27.0. The average Bonchev–Trinajstić information content (AvgIpc) is 2.90. The predicted octanol–water partition coefficient (Wildman–Crippen LogP) is 4.55. The third-order valence-corrected chi connectivity index (χ3v) is 4.47. The van der Waals surface area contributed by atoms with Crippen molar-refractivity contribution in [2.45, 2.75) is 52.2 Å². The number of rotatable bonds is 3. The van der Waals surface area contributed by atoms with Gasteiger partial charge >= 0.3 is 6.09 Å². The molecule has 0 bridgehead atoms. The maximum Gasteiger partial charge on any atom is 0.412 e. The van der Waals surface area contributed by atoms with Crippen LogP contribution < -0.4 is 10.2 Å². The molecule has 3 rings (SSSR count). The zero-order valence-electron chi connectivity index (χ0n) is 16.3. The summed E-state index contributed by atoms with van der Waals surface area (Å²) < 4.78 is 5.32. The van der Waals surface area contributed by atoms with Crippen LogP contribution in [0, 0.1) is 0 Å². The third-order valence-electron chi connectivity index (χ3n) is 4.47. The summed E-state index contributed by atoms with van der Waals surface area (Å²) in [7, 11) is 0. The smallest absolute Gasteiger partial charge is 0.412 e. The van der Waals surface area contributed by atoms with Crippen molar-refractivity contribution in [2.24, 2.45) is 0 Å². The van der Waals surface area contributed by atoms with Gasteiger partial charge in [-0.05, 0) is 57.4 Å². The maximum atomic E-state index is 13.0. The second-order valence-electron chi connectivity index (χ2n) is 7.91. The third kappa shape index (κ3) is 4.48. The van der Waals surface area contributed by atoms with Crippen molar-refractivity contribution in [3.63, 3.8) is 0 Å². The largest absolute Gasteiger partial charge is 0.444 e. The number of anilines is 2. The minimum absolute atomic E-state index is 0.0193. The number of ether oxygens (including phenoxy) is 1. The number of carbonyl (C=O) groups is 2. The van der Waals surface area contributed by atoms with Gasteiger partial charge in [0.1, 0.15) is 5.60 Å². The average molecular weight is 366 g/mol. The van der Waals surface area contributed by atoms with Crippen molar-refractivity contribution in [3.8, 4) is 0 Å². The highest BCUT2D eigenvalue weighted by Crippen LogP contribution is 2.32.